The molecule has 6 heteroatoms. The molecule has 0 aliphatic heterocycles. The van der Waals surface area contributed by atoms with Crippen LogP contribution >= 0.6 is 12.6 Å². The summed E-state index contributed by atoms with van der Waals surface area (Å²) in [4.78, 5) is 29.0. The summed E-state index contributed by atoms with van der Waals surface area (Å²) in [7, 11) is 0. The smallest absolute Gasteiger partial charge is 0.338 e. The molecule has 0 spiro atoms. The van der Waals surface area contributed by atoms with Crippen molar-refractivity contribution in [3.63, 3.8) is 0 Å². The van der Waals surface area contributed by atoms with Gasteiger partial charge in [-0.15, -0.1) is 0 Å². The molecule has 0 fully saturated rings. The van der Waals surface area contributed by atoms with Crippen molar-refractivity contribution in [1.82, 2.24) is 4.98 Å². The van der Waals surface area contributed by atoms with Crippen LogP contribution < -0.4 is 5.32 Å². The third kappa shape index (κ3) is 5.93. The van der Waals surface area contributed by atoms with Gasteiger partial charge in [0.15, 0.2) is 0 Å². The van der Waals surface area contributed by atoms with Gasteiger partial charge >= 0.3 is 5.97 Å². The molecule has 0 radical (unpaired) electrons. The molecule has 0 bridgehead atoms. The molecule has 3 aromatic rings. The van der Waals surface area contributed by atoms with E-state index in [4.69, 9.17) is 4.74 Å². The Morgan fingerprint density at radius 3 is 2.52 bits per heavy atom. The number of carbonyl (C=O) groups excluding carboxylic acids is 2. The zero-order valence-corrected chi connectivity index (χ0v) is 16.9. The summed E-state index contributed by atoms with van der Waals surface area (Å²) in [5, 5.41) is 2.84. The third-order valence-electron chi connectivity index (χ3n) is 4.33. The number of hydrogen-bond acceptors (Lipinski definition) is 5. The molecule has 1 amide bonds. The molecule has 1 heterocycles. The van der Waals surface area contributed by atoms with Crippen molar-refractivity contribution in [2.75, 3.05) is 5.32 Å². The number of ether oxygens (including phenoxy) is 1. The predicted molar refractivity (Wildman–Crippen MR) is 116 cm³/mol. The fourth-order valence-corrected chi connectivity index (χ4v) is 3.02. The van der Waals surface area contributed by atoms with Crippen LogP contribution in [-0.4, -0.2) is 21.6 Å². The zero-order valence-electron chi connectivity index (χ0n) is 16.0. The van der Waals surface area contributed by atoms with Gasteiger partial charge in [0, 0.05) is 23.6 Å². The molecule has 0 saturated heterocycles. The Morgan fingerprint density at radius 1 is 1.03 bits per heavy atom. The lowest BCUT2D eigenvalue weighted by Crippen LogP contribution is -2.37. The van der Waals surface area contributed by atoms with Gasteiger partial charge in [0.2, 0.25) is 5.91 Å². The molecular formula is C23H22N2O3S. The van der Waals surface area contributed by atoms with Crippen molar-refractivity contribution in [3.8, 4) is 0 Å². The van der Waals surface area contributed by atoms with Gasteiger partial charge in [-0.3, -0.25) is 9.78 Å². The minimum Gasteiger partial charge on any atom is -0.457 e. The summed E-state index contributed by atoms with van der Waals surface area (Å²) in [5.74, 6) is -0.714. The second-order valence-corrected chi connectivity index (χ2v) is 7.90. The lowest BCUT2D eigenvalue weighted by Gasteiger charge is -2.23. The summed E-state index contributed by atoms with van der Waals surface area (Å²) < 4.78 is 4.41. The number of esters is 1. The molecule has 3 rings (SSSR count). The molecule has 1 unspecified atom stereocenters. The number of hydrogen-bond donors (Lipinski definition) is 2. The Labute approximate surface area is 175 Å². The van der Waals surface area contributed by atoms with E-state index in [1.165, 1.54) is 0 Å². The highest BCUT2D eigenvalue weighted by Crippen LogP contribution is 2.23. The van der Waals surface area contributed by atoms with Crippen molar-refractivity contribution in [2.45, 2.75) is 24.7 Å². The van der Waals surface area contributed by atoms with E-state index in [0.717, 1.165) is 11.1 Å². The van der Waals surface area contributed by atoms with Crippen molar-refractivity contribution in [1.29, 1.82) is 0 Å². The van der Waals surface area contributed by atoms with Gasteiger partial charge in [-0.05, 0) is 43.2 Å². The van der Waals surface area contributed by atoms with Gasteiger partial charge in [0.1, 0.15) is 6.61 Å². The van der Waals surface area contributed by atoms with Crippen LogP contribution in [0.3, 0.4) is 0 Å². The van der Waals surface area contributed by atoms with E-state index in [9.17, 15) is 9.59 Å². The highest BCUT2D eigenvalue weighted by molar-refractivity contribution is 7.82. The average Bonchev–Trinajstić information content (AvgIpc) is 2.73. The Morgan fingerprint density at radius 2 is 1.79 bits per heavy atom. The Balaban J connectivity index is 1.62. The van der Waals surface area contributed by atoms with Crippen molar-refractivity contribution in [3.05, 3.63) is 95.8 Å². The molecule has 1 aromatic heterocycles. The van der Waals surface area contributed by atoms with Crippen molar-refractivity contribution >= 4 is 30.2 Å². The summed E-state index contributed by atoms with van der Waals surface area (Å²) in [5.41, 5.74) is 2.69. The highest BCUT2D eigenvalue weighted by atomic mass is 32.1. The lowest BCUT2D eigenvalue weighted by atomic mass is 9.99. The molecule has 0 aliphatic rings. The molecule has 0 saturated carbocycles. The van der Waals surface area contributed by atoms with Gasteiger partial charge in [-0.1, -0.05) is 42.5 Å². The first-order chi connectivity index (χ1) is 13.9. The Kier molecular flexibility index (Phi) is 6.67. The highest BCUT2D eigenvalue weighted by Gasteiger charge is 2.29. The number of thiol groups is 1. The number of aromatic nitrogens is 1. The van der Waals surface area contributed by atoms with Crippen LogP contribution in [0.1, 0.15) is 28.4 Å². The molecule has 2 aromatic carbocycles. The summed E-state index contributed by atoms with van der Waals surface area (Å²) in [6.07, 6.45) is 3.78. The normalized spacial score (nSPS) is 12.6. The monoisotopic (exact) mass is 406 g/mol. The summed E-state index contributed by atoms with van der Waals surface area (Å²) >= 11 is 4.55. The minimum absolute atomic E-state index is 0.134. The van der Waals surface area contributed by atoms with E-state index in [2.05, 4.69) is 22.9 Å². The number of rotatable bonds is 7. The molecule has 5 nitrogen and oxygen atoms in total. The molecule has 0 aliphatic carbocycles. The molecule has 29 heavy (non-hydrogen) atoms. The van der Waals surface area contributed by atoms with E-state index in [1.54, 1.807) is 49.6 Å². The second kappa shape index (κ2) is 9.39. The van der Waals surface area contributed by atoms with E-state index in [0.29, 0.717) is 17.7 Å². The fourth-order valence-electron chi connectivity index (χ4n) is 2.78. The summed E-state index contributed by atoms with van der Waals surface area (Å²) in [6.45, 7) is 1.90. The SMILES string of the molecule is CC(S)(Cc1ccccc1)C(=O)Nc1cccc(C(=O)OCc2cccnc2)c1. The van der Waals surface area contributed by atoms with E-state index in [-0.39, 0.29) is 12.5 Å². The van der Waals surface area contributed by atoms with Gasteiger partial charge < -0.3 is 10.1 Å². The van der Waals surface area contributed by atoms with Crippen LogP contribution in [0, 0.1) is 0 Å². The quantitative estimate of drug-likeness (QED) is 0.453. The minimum atomic E-state index is -0.905. The van der Waals surface area contributed by atoms with Crippen LogP contribution in [0.15, 0.2) is 79.1 Å². The number of amides is 1. The Bertz CT molecular complexity index is 976. The number of nitrogens with zero attached hydrogens (tertiary/aromatic N) is 1. The first-order valence-corrected chi connectivity index (χ1v) is 9.62. The second-order valence-electron chi connectivity index (χ2n) is 6.91. The van der Waals surface area contributed by atoms with Gasteiger partial charge in [-0.25, -0.2) is 4.79 Å². The maximum absolute atomic E-state index is 12.7. The van der Waals surface area contributed by atoms with Gasteiger partial charge in [-0.2, -0.15) is 12.6 Å². The van der Waals surface area contributed by atoms with Gasteiger partial charge in [0.05, 0.1) is 10.3 Å². The number of anilines is 1. The van der Waals surface area contributed by atoms with Crippen LogP contribution in [-0.2, 0) is 22.6 Å². The maximum atomic E-state index is 12.7. The lowest BCUT2D eigenvalue weighted by molar-refractivity contribution is -0.118. The predicted octanol–water partition coefficient (Wildman–Crippen LogP) is 4.31. The molecule has 1 atom stereocenters. The first-order valence-electron chi connectivity index (χ1n) is 9.18. The van der Waals surface area contributed by atoms with Crippen LogP contribution in [0.25, 0.3) is 0 Å². The number of nitrogens with one attached hydrogen (secondary N) is 1. The van der Waals surface area contributed by atoms with Crippen LogP contribution in [0.4, 0.5) is 5.69 Å². The van der Waals surface area contributed by atoms with E-state index < -0.39 is 10.7 Å². The van der Waals surface area contributed by atoms with Crippen LogP contribution in [0.5, 0.6) is 0 Å². The van der Waals surface area contributed by atoms with Crippen molar-refractivity contribution < 1.29 is 14.3 Å². The van der Waals surface area contributed by atoms with E-state index >= 15 is 0 Å². The molecule has 1 N–H and O–H groups in total. The number of carbonyl (C=O) groups is 2. The van der Waals surface area contributed by atoms with E-state index in [1.807, 2.05) is 36.4 Å². The largest absolute Gasteiger partial charge is 0.457 e. The summed E-state index contributed by atoms with van der Waals surface area (Å²) in [6, 6.07) is 20.0. The number of pyridine rings is 1. The first kappa shape index (κ1) is 20.6. The average molecular weight is 407 g/mol. The molecular weight excluding hydrogens is 384 g/mol. The zero-order chi connectivity index (χ0) is 20.7. The number of benzene rings is 2. The van der Waals surface area contributed by atoms with Crippen molar-refractivity contribution in [2.24, 2.45) is 0 Å². The topological polar surface area (TPSA) is 68.3 Å². The third-order valence-corrected chi connectivity index (χ3v) is 4.69. The maximum Gasteiger partial charge on any atom is 0.338 e. The van der Waals surface area contributed by atoms with Crippen LogP contribution in [0.2, 0.25) is 0 Å². The van der Waals surface area contributed by atoms with Gasteiger partial charge in [0.25, 0.3) is 0 Å². The molecule has 148 valence electrons. The standard InChI is InChI=1S/C23H22N2O3S/c1-23(29,14-17-7-3-2-4-8-17)22(27)25-20-11-5-10-19(13-20)21(26)28-16-18-9-6-12-24-15-18/h2-13,15,29H,14,16H2,1H3,(H,25,27). The fraction of sp³-hybridized carbons (Fsp3) is 0.174. The Hall–Kier alpha value is -3.12.